The summed E-state index contributed by atoms with van der Waals surface area (Å²) < 4.78 is 8.31. The van der Waals surface area contributed by atoms with Crippen molar-refractivity contribution in [3.05, 3.63) is 107 Å². The zero-order chi connectivity index (χ0) is 31.0. The van der Waals surface area contributed by atoms with Gasteiger partial charge < -0.3 is 9.30 Å². The van der Waals surface area contributed by atoms with Gasteiger partial charge in [0.25, 0.3) is 5.91 Å². The second-order valence-corrected chi connectivity index (χ2v) is 13.4. The molecule has 0 saturated heterocycles. The van der Waals surface area contributed by atoms with Crippen LogP contribution in [0.2, 0.25) is 0 Å². The highest BCUT2D eigenvalue weighted by Crippen LogP contribution is 2.37. The fourth-order valence-corrected chi connectivity index (χ4v) is 7.56. The van der Waals surface area contributed by atoms with Gasteiger partial charge in [-0.25, -0.2) is 0 Å². The Morgan fingerprint density at radius 2 is 1.67 bits per heavy atom. The molecule has 1 N–H and O–H groups in total. The van der Waals surface area contributed by atoms with Crippen LogP contribution in [-0.2, 0) is 16.8 Å². The van der Waals surface area contributed by atoms with Crippen LogP contribution in [0.1, 0.15) is 62.6 Å². The number of hydrogen-bond donors (Lipinski definition) is 1. The van der Waals surface area contributed by atoms with E-state index in [9.17, 15) is 4.79 Å². The maximum atomic E-state index is 13.2. The lowest BCUT2D eigenvalue weighted by Crippen LogP contribution is -2.35. The van der Waals surface area contributed by atoms with E-state index < -0.39 is 5.91 Å². The third-order valence-corrected chi connectivity index (χ3v) is 10.3. The molecule has 45 heavy (non-hydrogen) atoms. The van der Waals surface area contributed by atoms with E-state index in [1.807, 2.05) is 42.6 Å². The molecule has 2 aliphatic heterocycles. The maximum Gasteiger partial charge on any atom is 0.283 e. The molecule has 4 aromatic rings. The number of rotatable bonds is 8. The summed E-state index contributed by atoms with van der Waals surface area (Å²) in [6.07, 6.45) is 9.70. The summed E-state index contributed by atoms with van der Waals surface area (Å²) in [5.74, 6) is 0.917. The van der Waals surface area contributed by atoms with Gasteiger partial charge in [0, 0.05) is 34.0 Å². The molecule has 0 bridgehead atoms. The molecule has 7 rings (SSSR count). The molecule has 228 valence electrons. The summed E-state index contributed by atoms with van der Waals surface area (Å²) in [5.41, 5.74) is 4.57. The van der Waals surface area contributed by atoms with Gasteiger partial charge in [-0.2, -0.15) is 15.1 Å². The average Bonchev–Trinajstić information content (AvgIpc) is 3.66. The Morgan fingerprint density at radius 3 is 2.44 bits per heavy atom. The predicted octanol–water partition coefficient (Wildman–Crippen LogP) is 8.25. The number of amidine groups is 2. The van der Waals surface area contributed by atoms with Crippen LogP contribution in [0.4, 0.5) is 0 Å². The van der Waals surface area contributed by atoms with E-state index >= 15 is 0 Å². The number of carbonyl (C=O) groups excluding carboxylic acids is 1. The molecule has 1 amide bonds. The molecule has 1 aliphatic carbocycles. The van der Waals surface area contributed by atoms with Gasteiger partial charge in [-0.1, -0.05) is 93.8 Å². The molecule has 0 unspecified atom stereocenters. The lowest BCUT2D eigenvalue weighted by atomic mass is 9.78. The number of para-hydroxylation sites is 1. The van der Waals surface area contributed by atoms with Crippen LogP contribution in [0.25, 0.3) is 17.0 Å². The second-order valence-electron chi connectivity index (χ2n) is 12.5. The third-order valence-electron chi connectivity index (χ3n) is 9.22. The van der Waals surface area contributed by atoms with Crippen molar-refractivity contribution >= 4 is 50.7 Å². The molecule has 0 spiro atoms. The predicted molar refractivity (Wildman–Crippen MR) is 184 cm³/mol. The van der Waals surface area contributed by atoms with E-state index in [-0.39, 0.29) is 16.8 Å². The lowest BCUT2D eigenvalue weighted by molar-refractivity contribution is -0.114. The number of ether oxygens (including phenoxy) is 1. The van der Waals surface area contributed by atoms with Crippen molar-refractivity contribution in [2.24, 2.45) is 16.0 Å². The molecule has 0 radical (unpaired) electrons. The summed E-state index contributed by atoms with van der Waals surface area (Å²) in [6.45, 7) is 5.60. The fraction of sp³-hybridized carbons (Fsp3) is 0.297. The molecular weight excluding hydrogens is 579 g/mol. The smallest absolute Gasteiger partial charge is 0.283 e. The molecular formula is C37H37N5O2S. The van der Waals surface area contributed by atoms with E-state index in [0.717, 1.165) is 40.1 Å². The number of benzene rings is 3. The number of carbonyl (C=O) groups is 1. The average molecular weight is 616 g/mol. The summed E-state index contributed by atoms with van der Waals surface area (Å²) >= 11 is 1.45. The Morgan fingerprint density at radius 1 is 0.956 bits per heavy atom. The maximum absolute atomic E-state index is 13.2. The Bertz CT molecular complexity index is 1850. The van der Waals surface area contributed by atoms with E-state index in [4.69, 9.17) is 15.2 Å². The standard InChI is InChI=1S/C37H37N5O2S/c1-37(2,27-13-7-4-8-14-27)28-17-19-29(20-18-28)44-22-21-41-24-26(30-15-9-10-16-32(30)41)23-31-33(38)42-36(39-34(31)43)45-35(40-42)25-11-5-3-6-12-25/h4,7-10,13-20,23-25,38H,3,5-6,11-12,21-22H2,1-2H3/b31-23-,38-33?. The van der Waals surface area contributed by atoms with Crippen molar-refractivity contribution in [2.75, 3.05) is 6.61 Å². The monoisotopic (exact) mass is 615 g/mol. The van der Waals surface area contributed by atoms with Gasteiger partial charge in [-0.15, -0.1) is 0 Å². The van der Waals surface area contributed by atoms with Crippen LogP contribution in [-0.4, -0.2) is 38.1 Å². The largest absolute Gasteiger partial charge is 0.492 e. The minimum Gasteiger partial charge on any atom is -0.492 e. The Kier molecular flexibility index (Phi) is 7.92. The van der Waals surface area contributed by atoms with Gasteiger partial charge in [0.1, 0.15) is 17.4 Å². The van der Waals surface area contributed by atoms with Crippen LogP contribution in [0.15, 0.2) is 101 Å². The number of hydrazone groups is 1. The number of nitrogens with one attached hydrogen (secondary N) is 1. The third kappa shape index (κ3) is 5.75. The van der Waals surface area contributed by atoms with Crippen LogP contribution in [0, 0.1) is 11.3 Å². The highest BCUT2D eigenvalue weighted by Gasteiger charge is 2.38. The van der Waals surface area contributed by atoms with Crippen molar-refractivity contribution < 1.29 is 9.53 Å². The number of fused-ring (bicyclic) bond motifs is 2. The Hall–Kier alpha value is -4.43. The van der Waals surface area contributed by atoms with Crippen molar-refractivity contribution in [3.8, 4) is 5.75 Å². The first-order valence-corrected chi connectivity index (χ1v) is 16.6. The Balaban J connectivity index is 1.07. The summed E-state index contributed by atoms with van der Waals surface area (Å²) in [4.78, 5) is 17.5. The van der Waals surface area contributed by atoms with Crippen molar-refractivity contribution in [3.63, 3.8) is 0 Å². The summed E-state index contributed by atoms with van der Waals surface area (Å²) in [7, 11) is 0. The summed E-state index contributed by atoms with van der Waals surface area (Å²) in [6, 6.07) is 27.0. The van der Waals surface area contributed by atoms with E-state index in [1.54, 1.807) is 11.1 Å². The van der Waals surface area contributed by atoms with E-state index in [2.05, 4.69) is 65.9 Å². The van der Waals surface area contributed by atoms with Crippen LogP contribution >= 0.6 is 11.8 Å². The van der Waals surface area contributed by atoms with Crippen LogP contribution in [0.5, 0.6) is 5.75 Å². The van der Waals surface area contributed by atoms with Crippen molar-refractivity contribution in [1.82, 2.24) is 9.58 Å². The van der Waals surface area contributed by atoms with Crippen molar-refractivity contribution in [1.29, 1.82) is 5.41 Å². The van der Waals surface area contributed by atoms with E-state index in [0.29, 0.717) is 24.2 Å². The van der Waals surface area contributed by atoms with Gasteiger partial charge in [0.05, 0.1) is 12.1 Å². The number of hydrogen-bond acceptors (Lipinski definition) is 5. The fourth-order valence-electron chi connectivity index (χ4n) is 6.50. The minimum absolute atomic E-state index is 0.0855. The van der Waals surface area contributed by atoms with Crippen LogP contribution in [0.3, 0.4) is 0 Å². The molecule has 0 atom stereocenters. The lowest BCUT2D eigenvalue weighted by Gasteiger charge is -2.26. The van der Waals surface area contributed by atoms with Crippen molar-refractivity contribution in [2.45, 2.75) is 57.9 Å². The number of amides is 1. The van der Waals surface area contributed by atoms with Gasteiger partial charge in [0.2, 0.25) is 5.17 Å². The molecule has 8 heteroatoms. The molecule has 3 heterocycles. The first kappa shape index (κ1) is 29.3. The van der Waals surface area contributed by atoms with Gasteiger partial charge in [0.15, 0.2) is 5.84 Å². The highest BCUT2D eigenvalue weighted by atomic mass is 32.2. The molecule has 1 aromatic heterocycles. The molecule has 3 aliphatic rings. The number of thioether (sulfide) groups is 1. The zero-order valence-corrected chi connectivity index (χ0v) is 26.5. The molecule has 1 saturated carbocycles. The first-order valence-electron chi connectivity index (χ1n) is 15.8. The van der Waals surface area contributed by atoms with Gasteiger partial charge in [-0.3, -0.25) is 10.2 Å². The van der Waals surface area contributed by atoms with E-state index in [1.165, 1.54) is 42.2 Å². The first-order chi connectivity index (χ1) is 21.9. The number of aliphatic imine (C=N–C) groups is 1. The molecule has 7 nitrogen and oxygen atoms in total. The summed E-state index contributed by atoms with van der Waals surface area (Å²) in [5, 5.41) is 17.7. The molecule has 3 aromatic carbocycles. The number of nitrogens with zero attached hydrogens (tertiary/aromatic N) is 4. The quantitative estimate of drug-likeness (QED) is 0.202. The normalized spacial score (nSPS) is 18.4. The topological polar surface area (TPSA) is 83.0 Å². The Labute approximate surface area is 268 Å². The van der Waals surface area contributed by atoms with Gasteiger partial charge in [-0.05, 0) is 60.0 Å². The molecule has 1 fully saturated rings. The second kappa shape index (κ2) is 12.2. The zero-order valence-electron chi connectivity index (χ0n) is 25.7. The van der Waals surface area contributed by atoms with Crippen LogP contribution < -0.4 is 4.74 Å². The highest BCUT2D eigenvalue weighted by molar-refractivity contribution is 8.27. The minimum atomic E-state index is -0.391. The van der Waals surface area contributed by atoms with Gasteiger partial charge >= 0.3 is 0 Å². The number of aromatic nitrogens is 1. The SMILES string of the molecule is CC(C)(c1ccccc1)c1ccc(OCCn2cc(/C=C3/C(=N)N4N=C(C5CCCCC5)SC4=NC3=O)c3ccccc32)cc1.